The van der Waals surface area contributed by atoms with Gasteiger partial charge in [-0.3, -0.25) is 9.78 Å². The Morgan fingerprint density at radius 2 is 2.06 bits per heavy atom. The second-order valence-corrected chi connectivity index (χ2v) is 4.05. The maximum Gasteiger partial charge on any atom is 0.251 e. The van der Waals surface area contributed by atoms with Crippen LogP contribution in [-0.4, -0.2) is 9.55 Å². The highest BCUT2D eigenvalue weighted by Crippen LogP contribution is 2.08. The van der Waals surface area contributed by atoms with Crippen LogP contribution in [0.5, 0.6) is 0 Å². The summed E-state index contributed by atoms with van der Waals surface area (Å²) in [5.41, 5.74) is 2.26. The number of nitrogens with zero attached hydrogens (tertiary/aromatic N) is 1. The van der Waals surface area contributed by atoms with Crippen LogP contribution in [-0.2, 0) is 6.54 Å². The number of rotatable bonds is 2. The third kappa shape index (κ3) is 2.28. The Kier molecular flexibility index (Phi) is 3.01. The lowest BCUT2D eigenvalue weighted by molar-refractivity contribution is 0.741. The van der Waals surface area contributed by atoms with Gasteiger partial charge in [-0.15, -0.1) is 0 Å². The largest absolute Gasteiger partial charge is 0.321 e. The highest BCUT2D eigenvalue weighted by Gasteiger charge is 1.98. The van der Waals surface area contributed by atoms with E-state index in [0.717, 1.165) is 0 Å². The molecule has 1 aromatic heterocycles. The van der Waals surface area contributed by atoms with E-state index in [1.165, 1.54) is 17.2 Å². The van der Waals surface area contributed by atoms with Gasteiger partial charge in [0.1, 0.15) is 0 Å². The topological polar surface area (TPSA) is 37.8 Å². The maximum absolute atomic E-state index is 11.0. The molecule has 0 amide bonds. The first-order valence-corrected chi connectivity index (χ1v) is 5.42. The van der Waals surface area contributed by atoms with Crippen LogP contribution in [0.15, 0.2) is 41.3 Å². The average Bonchev–Trinajstić information content (AvgIpc) is 2.25. The Hall–Kier alpha value is -1.68. The maximum atomic E-state index is 11.0. The fourth-order valence-corrected chi connectivity index (χ4v) is 1.77. The van der Waals surface area contributed by atoms with E-state index in [-0.39, 0.29) is 5.56 Å². The van der Waals surface area contributed by atoms with Crippen molar-refractivity contribution in [3.8, 4) is 0 Å². The molecule has 0 spiro atoms. The van der Waals surface area contributed by atoms with Crippen molar-refractivity contribution in [2.45, 2.75) is 13.5 Å². The smallest absolute Gasteiger partial charge is 0.251 e. The molecule has 82 valence electrons. The minimum atomic E-state index is -0.161. The minimum absolute atomic E-state index is 0.161. The third-order valence-corrected chi connectivity index (χ3v) is 2.84. The Morgan fingerprint density at radius 1 is 1.31 bits per heavy atom. The first-order valence-electron chi connectivity index (χ1n) is 5.01. The lowest BCUT2D eigenvalue weighted by Crippen LogP contribution is -2.12. The highest BCUT2D eigenvalue weighted by atomic mass is 32.1. The van der Waals surface area contributed by atoms with Crippen LogP contribution in [0.1, 0.15) is 11.1 Å². The molecule has 1 N–H and O–H groups in total. The fourth-order valence-electron chi connectivity index (χ4n) is 1.54. The zero-order valence-electron chi connectivity index (χ0n) is 8.93. The van der Waals surface area contributed by atoms with Crippen LogP contribution in [0, 0.1) is 11.7 Å². The number of H-pyrrole nitrogens is 1. The molecule has 0 aliphatic heterocycles. The van der Waals surface area contributed by atoms with E-state index in [4.69, 9.17) is 12.2 Å². The van der Waals surface area contributed by atoms with Gasteiger partial charge in [-0.05, 0) is 30.3 Å². The first kappa shape index (κ1) is 10.8. The third-order valence-electron chi connectivity index (χ3n) is 2.50. The van der Waals surface area contributed by atoms with Crippen molar-refractivity contribution in [1.29, 1.82) is 0 Å². The summed E-state index contributed by atoms with van der Waals surface area (Å²) in [6, 6.07) is 9.60. The van der Waals surface area contributed by atoms with Crippen LogP contribution in [0.2, 0.25) is 0 Å². The summed E-state index contributed by atoms with van der Waals surface area (Å²) in [6.45, 7) is 2.74. The molecule has 4 heteroatoms. The molecule has 2 aromatic rings. The zero-order valence-corrected chi connectivity index (χ0v) is 9.75. The predicted molar refractivity (Wildman–Crippen MR) is 66.2 cm³/mol. The molecule has 3 nitrogen and oxygen atoms in total. The van der Waals surface area contributed by atoms with Gasteiger partial charge in [0, 0.05) is 18.8 Å². The Balaban J connectivity index is 2.38. The van der Waals surface area contributed by atoms with Crippen molar-refractivity contribution < 1.29 is 0 Å². The van der Waals surface area contributed by atoms with Crippen LogP contribution in [0.25, 0.3) is 0 Å². The van der Waals surface area contributed by atoms with E-state index in [0.29, 0.717) is 11.3 Å². The molecule has 1 aromatic carbocycles. The monoisotopic (exact) mass is 232 g/mol. The molecule has 0 radical (unpaired) electrons. The van der Waals surface area contributed by atoms with Gasteiger partial charge in [0.15, 0.2) is 4.77 Å². The molecular formula is C12H12N2OS. The lowest BCUT2D eigenvalue weighted by atomic mass is 10.1. The van der Waals surface area contributed by atoms with Crippen molar-refractivity contribution in [2.24, 2.45) is 0 Å². The molecular weight excluding hydrogens is 220 g/mol. The lowest BCUT2D eigenvalue weighted by Gasteiger charge is -2.08. The van der Waals surface area contributed by atoms with E-state index in [9.17, 15) is 4.79 Å². The van der Waals surface area contributed by atoms with E-state index < -0.39 is 0 Å². The number of benzene rings is 1. The van der Waals surface area contributed by atoms with Crippen LogP contribution >= 0.6 is 12.2 Å². The van der Waals surface area contributed by atoms with Gasteiger partial charge >= 0.3 is 0 Å². The second kappa shape index (κ2) is 4.45. The van der Waals surface area contributed by atoms with Crippen molar-refractivity contribution in [2.75, 3.05) is 0 Å². The van der Waals surface area contributed by atoms with E-state index in [2.05, 4.69) is 24.0 Å². The van der Waals surface area contributed by atoms with Crippen LogP contribution in [0.3, 0.4) is 0 Å². The summed E-state index contributed by atoms with van der Waals surface area (Å²) < 4.78 is 2.30. The summed E-state index contributed by atoms with van der Waals surface area (Å²) in [5.74, 6) is 0. The van der Waals surface area contributed by atoms with Gasteiger partial charge in [-0.2, -0.15) is 0 Å². The molecule has 0 bridgehead atoms. The molecule has 16 heavy (non-hydrogen) atoms. The number of aromatic amines is 1. The molecule has 0 unspecified atom stereocenters. The number of nitrogens with one attached hydrogen (secondary N) is 1. The van der Waals surface area contributed by atoms with Crippen molar-refractivity contribution in [3.05, 3.63) is 62.8 Å². The summed E-state index contributed by atoms with van der Waals surface area (Å²) >= 11 is 5.09. The van der Waals surface area contributed by atoms with Gasteiger partial charge in [0.05, 0.1) is 0 Å². The molecule has 0 saturated carbocycles. The summed E-state index contributed by atoms with van der Waals surface area (Å²) in [5, 5.41) is 0. The molecule has 0 atom stereocenters. The van der Waals surface area contributed by atoms with Gasteiger partial charge in [-0.25, -0.2) is 0 Å². The number of hydrogen-bond acceptors (Lipinski definition) is 2. The Bertz CT molecular complexity index is 613. The van der Waals surface area contributed by atoms with Gasteiger partial charge in [0.2, 0.25) is 0 Å². The molecule has 0 aliphatic carbocycles. The summed E-state index contributed by atoms with van der Waals surface area (Å²) in [7, 11) is 0. The summed E-state index contributed by atoms with van der Waals surface area (Å²) in [6.07, 6.45) is 1.72. The molecule has 1 heterocycles. The first-order chi connectivity index (χ1) is 7.66. The predicted octanol–water partition coefficient (Wildman–Crippen LogP) is 2.26. The van der Waals surface area contributed by atoms with E-state index in [1.54, 1.807) is 6.20 Å². The quantitative estimate of drug-likeness (QED) is 0.806. The Labute approximate surface area is 98.4 Å². The van der Waals surface area contributed by atoms with Crippen molar-refractivity contribution >= 4 is 12.2 Å². The SMILES string of the molecule is Cc1ccccc1Cn1ccc(=O)[nH]c1=S. The highest BCUT2D eigenvalue weighted by molar-refractivity contribution is 7.71. The van der Waals surface area contributed by atoms with Gasteiger partial charge in [0.25, 0.3) is 5.56 Å². The fraction of sp³-hybridized carbons (Fsp3) is 0.167. The standard InChI is InChI=1S/C12H12N2OS/c1-9-4-2-3-5-10(9)8-14-7-6-11(15)13-12(14)16/h2-7H,8H2,1H3,(H,13,15,16). The van der Waals surface area contributed by atoms with Gasteiger partial charge in [-0.1, -0.05) is 24.3 Å². The van der Waals surface area contributed by atoms with Crippen molar-refractivity contribution in [3.63, 3.8) is 0 Å². The van der Waals surface area contributed by atoms with Crippen molar-refractivity contribution in [1.82, 2.24) is 9.55 Å². The van der Waals surface area contributed by atoms with E-state index in [1.807, 2.05) is 16.7 Å². The number of aryl methyl sites for hydroxylation is 1. The molecule has 0 saturated heterocycles. The van der Waals surface area contributed by atoms with Crippen LogP contribution < -0.4 is 5.56 Å². The van der Waals surface area contributed by atoms with Crippen LogP contribution in [0.4, 0.5) is 0 Å². The number of hydrogen-bond donors (Lipinski definition) is 1. The molecule has 2 rings (SSSR count). The normalized spacial score (nSPS) is 10.3. The zero-order chi connectivity index (χ0) is 11.5. The molecule has 0 aliphatic rings. The Morgan fingerprint density at radius 3 is 2.75 bits per heavy atom. The average molecular weight is 232 g/mol. The van der Waals surface area contributed by atoms with E-state index >= 15 is 0 Å². The van der Waals surface area contributed by atoms with Gasteiger partial charge < -0.3 is 4.57 Å². The number of aromatic nitrogens is 2. The minimum Gasteiger partial charge on any atom is -0.321 e. The second-order valence-electron chi connectivity index (χ2n) is 3.66. The summed E-state index contributed by atoms with van der Waals surface area (Å²) in [4.78, 5) is 13.6. The molecule has 0 fully saturated rings.